The topological polar surface area (TPSA) is 65.1 Å². The van der Waals surface area contributed by atoms with Crippen LogP contribution in [0.1, 0.15) is 12.5 Å². The average molecular weight is 434 g/mol. The van der Waals surface area contributed by atoms with Gasteiger partial charge in [-0.05, 0) is 54.6 Å². The number of carbonyl (C=O) groups is 2. The Kier molecular flexibility index (Phi) is 7.06. The van der Waals surface area contributed by atoms with E-state index in [9.17, 15) is 9.59 Å². The molecule has 0 atom stereocenters. The molecule has 0 aliphatic carbocycles. The van der Waals surface area contributed by atoms with Crippen molar-refractivity contribution in [3.05, 3.63) is 58.0 Å². The fraction of sp³-hybridized carbons (Fsp3) is 0.238. The van der Waals surface area contributed by atoms with E-state index < -0.39 is 0 Å². The van der Waals surface area contributed by atoms with Gasteiger partial charge >= 0.3 is 0 Å². The molecule has 0 bridgehead atoms. The first-order chi connectivity index (χ1) is 14.0. The van der Waals surface area contributed by atoms with Crippen LogP contribution < -0.4 is 14.2 Å². The summed E-state index contributed by atoms with van der Waals surface area (Å²) >= 11 is 6.94. The molecular formula is C21H20ClNO5S. The molecule has 1 fully saturated rings. The first kappa shape index (κ1) is 21.1. The van der Waals surface area contributed by atoms with Crippen molar-refractivity contribution in [1.29, 1.82) is 0 Å². The first-order valence-corrected chi connectivity index (χ1v) is 10.2. The van der Waals surface area contributed by atoms with E-state index in [1.165, 1.54) is 4.90 Å². The van der Waals surface area contributed by atoms with E-state index in [4.69, 9.17) is 25.8 Å². The zero-order chi connectivity index (χ0) is 20.8. The van der Waals surface area contributed by atoms with Crippen LogP contribution in [0.2, 0.25) is 5.02 Å². The van der Waals surface area contributed by atoms with Crippen molar-refractivity contribution in [3.8, 4) is 17.2 Å². The van der Waals surface area contributed by atoms with Gasteiger partial charge in [0, 0.05) is 0 Å². The molecule has 0 unspecified atom stereocenters. The lowest BCUT2D eigenvalue weighted by Crippen LogP contribution is -2.32. The molecule has 0 saturated carbocycles. The van der Waals surface area contributed by atoms with Crippen LogP contribution in [0.4, 0.5) is 4.79 Å². The molecule has 29 heavy (non-hydrogen) atoms. The number of ether oxygens (including phenoxy) is 3. The maximum Gasteiger partial charge on any atom is 0.293 e. The van der Waals surface area contributed by atoms with Gasteiger partial charge in [0.1, 0.15) is 12.4 Å². The Morgan fingerprint density at radius 3 is 2.59 bits per heavy atom. The lowest BCUT2D eigenvalue weighted by Gasteiger charge is -2.13. The molecule has 3 rings (SSSR count). The number of methoxy groups -OCH3 is 1. The number of hydrogen-bond donors (Lipinski definition) is 0. The number of hydrogen-bond acceptors (Lipinski definition) is 6. The highest BCUT2D eigenvalue weighted by molar-refractivity contribution is 8.18. The molecule has 2 aromatic rings. The maximum atomic E-state index is 12.6. The molecule has 2 aromatic carbocycles. The van der Waals surface area contributed by atoms with Crippen molar-refractivity contribution in [3.63, 3.8) is 0 Å². The molecule has 1 saturated heterocycles. The number of carbonyl (C=O) groups excluding carboxylic acids is 2. The first-order valence-electron chi connectivity index (χ1n) is 8.97. The van der Waals surface area contributed by atoms with Gasteiger partial charge < -0.3 is 14.2 Å². The summed E-state index contributed by atoms with van der Waals surface area (Å²) in [5.74, 6) is 1.35. The molecule has 1 heterocycles. The van der Waals surface area contributed by atoms with Crippen molar-refractivity contribution in [2.75, 3.05) is 26.9 Å². The van der Waals surface area contributed by atoms with Gasteiger partial charge in [0.05, 0.1) is 30.2 Å². The molecule has 1 aliphatic heterocycles. The fourth-order valence-corrected chi connectivity index (χ4v) is 3.76. The number of halogens is 1. The Morgan fingerprint density at radius 2 is 1.86 bits per heavy atom. The van der Waals surface area contributed by atoms with Crippen LogP contribution >= 0.6 is 23.4 Å². The van der Waals surface area contributed by atoms with Crippen LogP contribution in [-0.4, -0.2) is 42.9 Å². The molecule has 0 aromatic heterocycles. The lowest BCUT2D eigenvalue weighted by atomic mass is 10.2. The van der Waals surface area contributed by atoms with E-state index in [-0.39, 0.29) is 24.3 Å². The summed E-state index contributed by atoms with van der Waals surface area (Å²) in [4.78, 5) is 26.4. The molecule has 2 amide bonds. The number of imide groups is 1. The van der Waals surface area contributed by atoms with E-state index in [1.54, 1.807) is 55.7 Å². The number of benzene rings is 2. The second kappa shape index (κ2) is 9.71. The number of thioether (sulfide) groups is 1. The summed E-state index contributed by atoms with van der Waals surface area (Å²) in [6, 6.07) is 12.4. The number of nitrogens with zero attached hydrogens (tertiary/aromatic N) is 1. The van der Waals surface area contributed by atoms with E-state index in [0.29, 0.717) is 33.8 Å². The predicted molar refractivity (Wildman–Crippen MR) is 114 cm³/mol. The zero-order valence-electron chi connectivity index (χ0n) is 16.0. The average Bonchev–Trinajstić information content (AvgIpc) is 2.97. The van der Waals surface area contributed by atoms with Crippen molar-refractivity contribution in [1.82, 2.24) is 4.90 Å². The lowest BCUT2D eigenvalue weighted by molar-refractivity contribution is -0.123. The van der Waals surface area contributed by atoms with Gasteiger partial charge in [-0.25, -0.2) is 0 Å². The Balaban J connectivity index is 1.68. The Hall–Kier alpha value is -2.64. The highest BCUT2D eigenvalue weighted by atomic mass is 35.5. The second-order valence-electron chi connectivity index (χ2n) is 5.96. The predicted octanol–water partition coefficient (Wildman–Crippen LogP) is 4.86. The van der Waals surface area contributed by atoms with E-state index in [2.05, 4.69) is 0 Å². The van der Waals surface area contributed by atoms with E-state index >= 15 is 0 Å². The molecule has 0 N–H and O–H groups in total. The van der Waals surface area contributed by atoms with Crippen LogP contribution in [0, 0.1) is 0 Å². The minimum atomic E-state index is -0.350. The van der Waals surface area contributed by atoms with Crippen molar-refractivity contribution in [2.45, 2.75) is 6.92 Å². The van der Waals surface area contributed by atoms with Crippen molar-refractivity contribution < 1.29 is 23.8 Å². The van der Waals surface area contributed by atoms with Crippen molar-refractivity contribution in [2.24, 2.45) is 0 Å². The van der Waals surface area contributed by atoms with Crippen LogP contribution in [-0.2, 0) is 4.79 Å². The normalized spacial score (nSPS) is 15.1. The highest BCUT2D eigenvalue weighted by Crippen LogP contribution is 2.34. The summed E-state index contributed by atoms with van der Waals surface area (Å²) in [6.07, 6.45) is 1.67. The van der Waals surface area contributed by atoms with Crippen LogP contribution in [0.25, 0.3) is 6.08 Å². The van der Waals surface area contributed by atoms with Crippen LogP contribution in [0.3, 0.4) is 0 Å². The zero-order valence-corrected chi connectivity index (χ0v) is 17.6. The van der Waals surface area contributed by atoms with Gasteiger partial charge in [0.15, 0.2) is 11.5 Å². The van der Waals surface area contributed by atoms with E-state index in [1.807, 2.05) is 6.92 Å². The third kappa shape index (κ3) is 5.05. The smallest absolute Gasteiger partial charge is 0.293 e. The van der Waals surface area contributed by atoms with Gasteiger partial charge in [-0.2, -0.15) is 0 Å². The minimum Gasteiger partial charge on any atom is -0.493 e. The SMILES string of the molecule is CCOc1cc(/C=C2\SC(=O)N(CCOc3ccccc3Cl)C2=O)ccc1OC. The largest absolute Gasteiger partial charge is 0.493 e. The van der Waals surface area contributed by atoms with Gasteiger partial charge in [-0.1, -0.05) is 29.8 Å². The molecule has 1 aliphatic rings. The van der Waals surface area contributed by atoms with Gasteiger partial charge in [0.25, 0.3) is 11.1 Å². The number of rotatable bonds is 8. The molecule has 6 nitrogen and oxygen atoms in total. The maximum absolute atomic E-state index is 12.6. The minimum absolute atomic E-state index is 0.139. The molecular weight excluding hydrogens is 414 g/mol. The summed E-state index contributed by atoms with van der Waals surface area (Å²) in [5.41, 5.74) is 0.743. The van der Waals surface area contributed by atoms with Crippen molar-refractivity contribution >= 4 is 40.6 Å². The summed E-state index contributed by atoms with van der Waals surface area (Å²) in [6.45, 7) is 2.66. The van der Waals surface area contributed by atoms with Gasteiger partial charge in [-0.3, -0.25) is 14.5 Å². The Labute approximate surface area is 178 Å². The molecule has 0 radical (unpaired) electrons. The Bertz CT molecular complexity index is 946. The standard InChI is InChI=1S/C21H20ClNO5S/c1-3-27-18-12-14(8-9-17(18)26-2)13-19-20(24)23(21(25)29-19)10-11-28-16-7-5-4-6-15(16)22/h4-9,12-13H,3,10-11H2,1-2H3/b19-13-. The molecule has 8 heteroatoms. The van der Waals surface area contributed by atoms with E-state index in [0.717, 1.165) is 17.3 Å². The summed E-state index contributed by atoms with van der Waals surface area (Å²) < 4.78 is 16.4. The Morgan fingerprint density at radius 1 is 1.07 bits per heavy atom. The number of amides is 2. The third-order valence-corrected chi connectivity index (χ3v) is 5.29. The third-order valence-electron chi connectivity index (χ3n) is 4.07. The number of para-hydroxylation sites is 1. The van der Waals surface area contributed by atoms with Crippen LogP contribution in [0.5, 0.6) is 17.2 Å². The van der Waals surface area contributed by atoms with Gasteiger partial charge in [-0.15, -0.1) is 0 Å². The highest BCUT2D eigenvalue weighted by Gasteiger charge is 2.34. The molecule has 152 valence electrons. The van der Waals surface area contributed by atoms with Crippen LogP contribution in [0.15, 0.2) is 47.4 Å². The van der Waals surface area contributed by atoms with Gasteiger partial charge in [0.2, 0.25) is 0 Å². The quantitative estimate of drug-likeness (QED) is 0.554. The summed E-state index contributed by atoms with van der Waals surface area (Å²) in [5, 5.41) is 0.147. The monoisotopic (exact) mass is 433 g/mol. The summed E-state index contributed by atoms with van der Waals surface area (Å²) in [7, 11) is 1.56. The molecule has 0 spiro atoms. The fourth-order valence-electron chi connectivity index (χ4n) is 2.70. The second-order valence-corrected chi connectivity index (χ2v) is 7.36.